The zero-order valence-corrected chi connectivity index (χ0v) is 15.2. The van der Waals surface area contributed by atoms with Crippen LogP contribution in [-0.4, -0.2) is 6.04 Å². The molecule has 2 atom stereocenters. The molecule has 1 aliphatic rings. The van der Waals surface area contributed by atoms with Gasteiger partial charge in [-0.05, 0) is 67.1 Å². The Labute approximate surface area is 143 Å². The lowest BCUT2D eigenvalue weighted by Gasteiger charge is -2.29. The molecule has 0 bridgehead atoms. The number of nitrogens with one attached hydrogen (secondary N) is 1. The average molecular weight is 409 g/mol. The van der Waals surface area contributed by atoms with E-state index in [4.69, 9.17) is 0 Å². The average Bonchev–Trinajstić information content (AvgIpc) is 2.48. The minimum atomic E-state index is 0.389. The highest BCUT2D eigenvalue weighted by Gasteiger charge is 2.20. The Balaban J connectivity index is 1.66. The Bertz CT molecular complexity index is 622. The molecule has 1 aliphatic carbocycles. The van der Waals surface area contributed by atoms with Crippen LogP contribution in [0.2, 0.25) is 0 Å². The molecule has 0 heterocycles. The third kappa shape index (κ3) is 3.77. The van der Waals surface area contributed by atoms with E-state index in [0.717, 1.165) is 10.9 Å². The maximum atomic E-state index is 3.78. The molecule has 1 N–H and O–H groups in total. The molecule has 1 nitrogen and oxygen atoms in total. The van der Waals surface area contributed by atoms with Gasteiger partial charge in [-0.15, -0.1) is 0 Å². The van der Waals surface area contributed by atoms with Gasteiger partial charge in [-0.3, -0.25) is 0 Å². The van der Waals surface area contributed by atoms with Gasteiger partial charge in [0.05, 0.1) is 0 Å². The zero-order valence-electron chi connectivity index (χ0n) is 12.1. The predicted octanol–water partition coefficient (Wildman–Crippen LogP) is 5.42. The quantitative estimate of drug-likeness (QED) is 0.714. The van der Waals surface area contributed by atoms with Gasteiger partial charge in [-0.25, -0.2) is 0 Å². The second-order valence-electron chi connectivity index (χ2n) is 5.79. The molecular weight excluding hydrogens is 390 g/mol. The van der Waals surface area contributed by atoms with Crippen LogP contribution in [0.1, 0.15) is 36.1 Å². The van der Waals surface area contributed by atoms with Gasteiger partial charge in [0, 0.05) is 21.0 Å². The highest BCUT2D eigenvalue weighted by Crippen LogP contribution is 2.26. The number of aryl methyl sites for hydroxylation is 1. The number of hydrogen-bond acceptors (Lipinski definition) is 1. The van der Waals surface area contributed by atoms with Crippen molar-refractivity contribution in [1.82, 2.24) is 5.32 Å². The van der Waals surface area contributed by atoms with E-state index in [2.05, 4.69) is 86.6 Å². The normalized spacial score (nSPS) is 19.1. The maximum absolute atomic E-state index is 3.78. The van der Waals surface area contributed by atoms with Crippen LogP contribution < -0.4 is 5.32 Å². The SMILES string of the molecule is C[C@@H](NC1CCc2cc(Br)ccc2C1)c1ccc(Br)cc1. The molecule has 0 saturated carbocycles. The van der Waals surface area contributed by atoms with Crippen LogP contribution in [0.3, 0.4) is 0 Å². The summed E-state index contributed by atoms with van der Waals surface area (Å²) in [5.74, 6) is 0. The van der Waals surface area contributed by atoms with Crippen LogP contribution >= 0.6 is 31.9 Å². The lowest BCUT2D eigenvalue weighted by atomic mass is 9.88. The Morgan fingerprint density at radius 1 is 1.00 bits per heavy atom. The summed E-state index contributed by atoms with van der Waals surface area (Å²) in [6.07, 6.45) is 3.51. The first-order valence-electron chi connectivity index (χ1n) is 7.40. The van der Waals surface area contributed by atoms with Gasteiger partial charge in [0.2, 0.25) is 0 Å². The number of halogens is 2. The topological polar surface area (TPSA) is 12.0 Å². The fourth-order valence-corrected chi connectivity index (χ4v) is 3.74. The van der Waals surface area contributed by atoms with Crippen LogP contribution in [0.25, 0.3) is 0 Å². The molecule has 21 heavy (non-hydrogen) atoms. The molecule has 0 fully saturated rings. The van der Waals surface area contributed by atoms with E-state index in [-0.39, 0.29) is 0 Å². The molecule has 0 aromatic heterocycles. The predicted molar refractivity (Wildman–Crippen MR) is 95.6 cm³/mol. The van der Waals surface area contributed by atoms with Crippen molar-refractivity contribution in [3.05, 3.63) is 68.1 Å². The summed E-state index contributed by atoms with van der Waals surface area (Å²) < 4.78 is 2.33. The van der Waals surface area contributed by atoms with E-state index in [1.807, 2.05) is 0 Å². The zero-order chi connectivity index (χ0) is 14.8. The smallest absolute Gasteiger partial charge is 0.0294 e. The minimum Gasteiger partial charge on any atom is -0.307 e. The molecular formula is C18H19Br2N. The van der Waals surface area contributed by atoms with Gasteiger partial charge in [0.15, 0.2) is 0 Å². The van der Waals surface area contributed by atoms with Gasteiger partial charge in [0.1, 0.15) is 0 Å². The molecule has 0 spiro atoms. The molecule has 2 aromatic rings. The molecule has 3 heteroatoms. The Hall–Kier alpha value is -0.640. The van der Waals surface area contributed by atoms with Crippen molar-refractivity contribution in [3.63, 3.8) is 0 Å². The fraction of sp³-hybridized carbons (Fsp3) is 0.333. The minimum absolute atomic E-state index is 0.389. The number of hydrogen-bond donors (Lipinski definition) is 1. The summed E-state index contributed by atoms with van der Waals surface area (Å²) in [6, 6.07) is 16.2. The van der Waals surface area contributed by atoms with Gasteiger partial charge in [0.25, 0.3) is 0 Å². The first kappa shape index (κ1) is 15.3. The van der Waals surface area contributed by atoms with E-state index in [1.54, 1.807) is 0 Å². The van der Waals surface area contributed by atoms with Crippen molar-refractivity contribution in [1.29, 1.82) is 0 Å². The Morgan fingerprint density at radius 2 is 1.71 bits per heavy atom. The van der Waals surface area contributed by atoms with Crippen molar-refractivity contribution in [2.45, 2.75) is 38.3 Å². The van der Waals surface area contributed by atoms with Crippen LogP contribution in [0.4, 0.5) is 0 Å². The molecule has 110 valence electrons. The largest absolute Gasteiger partial charge is 0.307 e. The molecule has 0 saturated heterocycles. The van der Waals surface area contributed by atoms with E-state index < -0.39 is 0 Å². The molecule has 0 radical (unpaired) electrons. The van der Waals surface area contributed by atoms with E-state index in [1.165, 1.54) is 34.0 Å². The lowest BCUT2D eigenvalue weighted by Crippen LogP contribution is -2.36. The second kappa shape index (κ2) is 6.64. The van der Waals surface area contributed by atoms with Crippen molar-refractivity contribution < 1.29 is 0 Å². The third-order valence-electron chi connectivity index (χ3n) is 4.25. The lowest BCUT2D eigenvalue weighted by molar-refractivity contribution is 0.413. The van der Waals surface area contributed by atoms with Crippen molar-refractivity contribution in [2.24, 2.45) is 0 Å². The van der Waals surface area contributed by atoms with E-state index in [9.17, 15) is 0 Å². The maximum Gasteiger partial charge on any atom is 0.0294 e. The summed E-state index contributed by atoms with van der Waals surface area (Å²) in [5.41, 5.74) is 4.34. The molecule has 0 amide bonds. The molecule has 2 aromatic carbocycles. The van der Waals surface area contributed by atoms with Gasteiger partial charge >= 0.3 is 0 Å². The summed E-state index contributed by atoms with van der Waals surface area (Å²) in [7, 11) is 0. The van der Waals surface area contributed by atoms with Crippen LogP contribution in [0.15, 0.2) is 51.4 Å². The summed E-state index contributed by atoms with van der Waals surface area (Å²) in [6.45, 7) is 2.25. The highest BCUT2D eigenvalue weighted by molar-refractivity contribution is 9.10. The van der Waals surface area contributed by atoms with Crippen molar-refractivity contribution in [3.8, 4) is 0 Å². The molecule has 0 aliphatic heterocycles. The van der Waals surface area contributed by atoms with Crippen molar-refractivity contribution in [2.75, 3.05) is 0 Å². The van der Waals surface area contributed by atoms with E-state index in [0.29, 0.717) is 12.1 Å². The first-order chi connectivity index (χ1) is 10.1. The van der Waals surface area contributed by atoms with Crippen LogP contribution in [0, 0.1) is 0 Å². The van der Waals surface area contributed by atoms with E-state index >= 15 is 0 Å². The Morgan fingerprint density at radius 3 is 2.48 bits per heavy atom. The monoisotopic (exact) mass is 407 g/mol. The van der Waals surface area contributed by atoms with Gasteiger partial charge < -0.3 is 5.32 Å². The number of rotatable bonds is 3. The molecule has 1 unspecified atom stereocenters. The standard InChI is InChI=1S/C18H19Br2N/c1-12(13-2-6-16(19)7-3-13)21-18-9-5-14-10-17(20)8-4-15(14)11-18/h2-4,6-8,10,12,18,21H,5,9,11H2,1H3/t12-,18?/m1/s1. The molecule has 3 rings (SSSR count). The second-order valence-corrected chi connectivity index (χ2v) is 7.62. The number of fused-ring (bicyclic) bond motifs is 1. The highest BCUT2D eigenvalue weighted by atomic mass is 79.9. The number of benzene rings is 2. The van der Waals surface area contributed by atoms with Gasteiger partial charge in [-0.1, -0.05) is 50.1 Å². The van der Waals surface area contributed by atoms with Crippen LogP contribution in [0.5, 0.6) is 0 Å². The van der Waals surface area contributed by atoms with Crippen molar-refractivity contribution >= 4 is 31.9 Å². The summed E-state index contributed by atoms with van der Waals surface area (Å²) >= 11 is 7.06. The first-order valence-corrected chi connectivity index (χ1v) is 8.99. The summed E-state index contributed by atoms with van der Waals surface area (Å²) in [4.78, 5) is 0. The van der Waals surface area contributed by atoms with Crippen LogP contribution in [-0.2, 0) is 12.8 Å². The fourth-order valence-electron chi connectivity index (χ4n) is 3.07. The summed E-state index contributed by atoms with van der Waals surface area (Å²) in [5, 5.41) is 3.78. The van der Waals surface area contributed by atoms with Gasteiger partial charge in [-0.2, -0.15) is 0 Å². The Kier molecular flexibility index (Phi) is 4.82. The third-order valence-corrected chi connectivity index (χ3v) is 5.27.